The van der Waals surface area contributed by atoms with Crippen LogP contribution >= 0.6 is 0 Å². The predicted octanol–water partition coefficient (Wildman–Crippen LogP) is 5.38. The van der Waals surface area contributed by atoms with Crippen LogP contribution in [-0.2, 0) is 0 Å². The lowest BCUT2D eigenvalue weighted by atomic mass is 10.2. The largest absolute Gasteiger partial charge is 0.341 e. The number of nitrogens with one attached hydrogen (secondary N) is 2. The first-order chi connectivity index (χ1) is 16.6. The van der Waals surface area contributed by atoms with E-state index in [1.807, 2.05) is 30.3 Å². The summed E-state index contributed by atoms with van der Waals surface area (Å²) in [6.45, 7) is 5.98. The Hall–Kier alpha value is -4.08. The zero-order valence-electron chi connectivity index (χ0n) is 19.5. The minimum absolute atomic E-state index is 0.0183. The number of hydrogen-bond acceptors (Lipinski definition) is 9. The van der Waals surface area contributed by atoms with Gasteiger partial charge < -0.3 is 10.2 Å². The standard InChI is InChI=1S/C24H30N8O2/c1-3-5-16-31(17-6-4-2)24-28-22(26-20-12-14-21(15-13-20)32(33)34)27-23(29-24)30-25-18-19-10-8-7-9-11-19/h7-15,18H,3-6,16-17H2,1-2H3,(H2,26,27,28,29,30)/b25-18+. The van der Waals surface area contributed by atoms with E-state index in [9.17, 15) is 10.1 Å². The summed E-state index contributed by atoms with van der Waals surface area (Å²) in [6.07, 6.45) is 5.87. The van der Waals surface area contributed by atoms with Crippen LogP contribution in [0.3, 0.4) is 0 Å². The lowest BCUT2D eigenvalue weighted by Gasteiger charge is -2.23. The summed E-state index contributed by atoms with van der Waals surface area (Å²) in [6, 6.07) is 15.8. The number of benzene rings is 2. The van der Waals surface area contributed by atoms with Crippen molar-refractivity contribution in [1.82, 2.24) is 15.0 Å². The molecule has 3 aromatic rings. The van der Waals surface area contributed by atoms with Crippen molar-refractivity contribution in [2.24, 2.45) is 5.10 Å². The number of nitro groups is 1. The van der Waals surface area contributed by atoms with Crippen molar-refractivity contribution >= 4 is 35.4 Å². The summed E-state index contributed by atoms with van der Waals surface area (Å²) in [5, 5.41) is 18.3. The lowest BCUT2D eigenvalue weighted by molar-refractivity contribution is -0.384. The molecule has 2 aromatic carbocycles. The monoisotopic (exact) mass is 462 g/mol. The number of rotatable bonds is 13. The predicted molar refractivity (Wildman–Crippen MR) is 136 cm³/mol. The molecule has 0 aliphatic heterocycles. The second-order valence-electron chi connectivity index (χ2n) is 7.69. The maximum absolute atomic E-state index is 10.9. The van der Waals surface area contributed by atoms with E-state index < -0.39 is 4.92 Å². The van der Waals surface area contributed by atoms with Gasteiger partial charge >= 0.3 is 0 Å². The van der Waals surface area contributed by atoms with Crippen molar-refractivity contribution in [2.45, 2.75) is 39.5 Å². The van der Waals surface area contributed by atoms with E-state index in [0.29, 0.717) is 23.5 Å². The minimum Gasteiger partial charge on any atom is -0.341 e. The van der Waals surface area contributed by atoms with Gasteiger partial charge in [0, 0.05) is 30.9 Å². The Labute approximate surface area is 199 Å². The second kappa shape index (κ2) is 12.8. The molecule has 0 aliphatic carbocycles. The molecule has 34 heavy (non-hydrogen) atoms. The zero-order chi connectivity index (χ0) is 24.2. The molecule has 0 bridgehead atoms. The summed E-state index contributed by atoms with van der Waals surface area (Å²) >= 11 is 0. The van der Waals surface area contributed by atoms with Gasteiger partial charge in [-0.2, -0.15) is 20.1 Å². The third kappa shape index (κ3) is 7.51. The lowest BCUT2D eigenvalue weighted by Crippen LogP contribution is -2.28. The summed E-state index contributed by atoms with van der Waals surface area (Å²) in [5.41, 5.74) is 4.50. The van der Waals surface area contributed by atoms with E-state index in [4.69, 9.17) is 0 Å². The topological polar surface area (TPSA) is 121 Å². The van der Waals surface area contributed by atoms with Gasteiger partial charge in [0.25, 0.3) is 5.69 Å². The molecule has 0 saturated carbocycles. The van der Waals surface area contributed by atoms with Gasteiger partial charge in [0.15, 0.2) is 0 Å². The molecule has 178 valence electrons. The number of hydrogen-bond donors (Lipinski definition) is 2. The van der Waals surface area contributed by atoms with Gasteiger partial charge in [-0.05, 0) is 30.5 Å². The van der Waals surface area contributed by atoms with Crippen molar-refractivity contribution in [3.63, 3.8) is 0 Å². The number of anilines is 4. The molecule has 0 unspecified atom stereocenters. The van der Waals surface area contributed by atoms with E-state index in [-0.39, 0.29) is 5.69 Å². The molecular formula is C24H30N8O2. The molecule has 2 N–H and O–H groups in total. The van der Waals surface area contributed by atoms with Crippen molar-refractivity contribution < 1.29 is 4.92 Å². The minimum atomic E-state index is -0.434. The van der Waals surface area contributed by atoms with E-state index in [2.05, 4.69) is 49.5 Å². The fourth-order valence-electron chi connectivity index (χ4n) is 3.12. The van der Waals surface area contributed by atoms with Gasteiger partial charge in [-0.25, -0.2) is 5.43 Å². The van der Waals surface area contributed by atoms with Crippen LogP contribution in [0.5, 0.6) is 0 Å². The molecule has 0 amide bonds. The van der Waals surface area contributed by atoms with Crippen LogP contribution < -0.4 is 15.6 Å². The SMILES string of the molecule is CCCCN(CCCC)c1nc(N/N=C/c2ccccc2)nc(Nc2ccc([N+](=O)[O-])cc2)n1. The van der Waals surface area contributed by atoms with Crippen molar-refractivity contribution in [3.05, 3.63) is 70.3 Å². The Balaban J connectivity index is 1.87. The maximum Gasteiger partial charge on any atom is 0.269 e. The Morgan fingerprint density at radius 3 is 2.21 bits per heavy atom. The molecule has 0 radical (unpaired) electrons. The number of unbranched alkanes of at least 4 members (excludes halogenated alkanes) is 2. The highest BCUT2D eigenvalue weighted by Crippen LogP contribution is 2.21. The second-order valence-corrected chi connectivity index (χ2v) is 7.69. The number of aromatic nitrogens is 3. The smallest absolute Gasteiger partial charge is 0.269 e. The summed E-state index contributed by atoms with van der Waals surface area (Å²) in [7, 11) is 0. The molecule has 3 rings (SSSR count). The van der Waals surface area contributed by atoms with Gasteiger partial charge in [0.2, 0.25) is 17.8 Å². The molecule has 0 atom stereocenters. The number of nitro benzene ring substituents is 1. The first-order valence-corrected chi connectivity index (χ1v) is 11.5. The first-order valence-electron chi connectivity index (χ1n) is 11.5. The molecule has 0 fully saturated rings. The summed E-state index contributed by atoms with van der Waals surface area (Å²) in [5.74, 6) is 1.19. The number of nitrogens with zero attached hydrogens (tertiary/aromatic N) is 6. The van der Waals surface area contributed by atoms with Crippen LogP contribution in [0.1, 0.15) is 45.1 Å². The van der Waals surface area contributed by atoms with Gasteiger partial charge in [-0.15, -0.1) is 0 Å². The fourth-order valence-corrected chi connectivity index (χ4v) is 3.12. The van der Waals surface area contributed by atoms with Crippen molar-refractivity contribution in [1.29, 1.82) is 0 Å². The summed E-state index contributed by atoms with van der Waals surface area (Å²) in [4.78, 5) is 26.3. The van der Waals surface area contributed by atoms with Crippen LogP contribution in [0.15, 0.2) is 59.7 Å². The molecule has 10 heteroatoms. The molecule has 0 aliphatic rings. The quantitative estimate of drug-likeness (QED) is 0.197. The van der Waals surface area contributed by atoms with E-state index >= 15 is 0 Å². The Kier molecular flexibility index (Phi) is 9.27. The molecule has 0 saturated heterocycles. The number of non-ortho nitro benzene ring substituents is 1. The van der Waals surface area contributed by atoms with E-state index in [1.165, 1.54) is 12.1 Å². The Morgan fingerprint density at radius 1 is 0.941 bits per heavy atom. The Bertz CT molecular complexity index is 1070. The van der Waals surface area contributed by atoms with Gasteiger partial charge in [-0.3, -0.25) is 10.1 Å². The first kappa shape index (κ1) is 24.6. The van der Waals surface area contributed by atoms with Crippen molar-refractivity contribution in [2.75, 3.05) is 28.7 Å². The van der Waals surface area contributed by atoms with Crippen molar-refractivity contribution in [3.8, 4) is 0 Å². The van der Waals surface area contributed by atoms with Crippen LogP contribution in [0.2, 0.25) is 0 Å². The third-order valence-corrected chi connectivity index (χ3v) is 4.98. The van der Waals surface area contributed by atoms with Gasteiger partial charge in [-0.1, -0.05) is 57.0 Å². The molecule has 0 spiro atoms. The van der Waals surface area contributed by atoms with Gasteiger partial charge in [0.05, 0.1) is 11.1 Å². The van der Waals surface area contributed by atoms with Gasteiger partial charge in [0.1, 0.15) is 0 Å². The highest BCUT2D eigenvalue weighted by molar-refractivity contribution is 5.79. The zero-order valence-corrected chi connectivity index (χ0v) is 19.5. The fraction of sp³-hybridized carbons (Fsp3) is 0.333. The van der Waals surface area contributed by atoms with Crippen LogP contribution in [-0.4, -0.2) is 39.2 Å². The highest BCUT2D eigenvalue weighted by Gasteiger charge is 2.14. The highest BCUT2D eigenvalue weighted by atomic mass is 16.6. The average molecular weight is 463 g/mol. The molecule has 1 aromatic heterocycles. The normalized spacial score (nSPS) is 10.9. The average Bonchev–Trinajstić information content (AvgIpc) is 2.85. The van der Waals surface area contributed by atoms with Crippen LogP contribution in [0, 0.1) is 10.1 Å². The maximum atomic E-state index is 10.9. The van der Waals surface area contributed by atoms with Crippen LogP contribution in [0.4, 0.5) is 29.2 Å². The Morgan fingerprint density at radius 2 is 1.59 bits per heavy atom. The van der Waals surface area contributed by atoms with Crippen LogP contribution in [0.25, 0.3) is 0 Å². The molecular weight excluding hydrogens is 432 g/mol. The molecule has 1 heterocycles. The van der Waals surface area contributed by atoms with E-state index in [0.717, 1.165) is 44.3 Å². The molecule has 10 nitrogen and oxygen atoms in total. The third-order valence-electron chi connectivity index (χ3n) is 4.98. The number of hydrazone groups is 1. The summed E-state index contributed by atoms with van der Waals surface area (Å²) < 4.78 is 0. The van der Waals surface area contributed by atoms with E-state index in [1.54, 1.807) is 18.3 Å².